The van der Waals surface area contributed by atoms with Gasteiger partial charge in [0, 0.05) is 5.92 Å². The molecule has 0 heterocycles. The van der Waals surface area contributed by atoms with E-state index < -0.39 is 17.2 Å². The van der Waals surface area contributed by atoms with E-state index in [1.165, 1.54) is 0 Å². The standard InChI is InChI=1S/C11H19NO3/c1-5-8-6-11(8,7-13)12-9(14)15-10(2,3)4/h5,8,13H,1,6-7H2,2-4H3,(H,12,14)/t8-,11-/m1/s1. The van der Waals surface area contributed by atoms with Crippen LogP contribution in [0.25, 0.3) is 0 Å². The lowest BCUT2D eigenvalue weighted by atomic mass is 10.2. The number of amides is 1. The van der Waals surface area contributed by atoms with E-state index in [0.29, 0.717) is 0 Å². The fourth-order valence-electron chi connectivity index (χ4n) is 1.51. The number of carbonyl (C=O) groups excluding carboxylic acids is 1. The number of aliphatic hydroxyl groups excluding tert-OH is 1. The van der Waals surface area contributed by atoms with E-state index in [1.54, 1.807) is 26.8 Å². The molecular formula is C11H19NO3. The van der Waals surface area contributed by atoms with Gasteiger partial charge in [-0.3, -0.25) is 0 Å². The lowest BCUT2D eigenvalue weighted by Crippen LogP contribution is -2.44. The summed E-state index contributed by atoms with van der Waals surface area (Å²) in [7, 11) is 0. The van der Waals surface area contributed by atoms with E-state index >= 15 is 0 Å². The largest absolute Gasteiger partial charge is 0.444 e. The van der Waals surface area contributed by atoms with Gasteiger partial charge >= 0.3 is 6.09 Å². The minimum atomic E-state index is -0.538. The van der Waals surface area contributed by atoms with Crippen LogP contribution in [-0.2, 0) is 4.74 Å². The van der Waals surface area contributed by atoms with E-state index in [0.717, 1.165) is 6.42 Å². The van der Waals surface area contributed by atoms with Crippen LogP contribution < -0.4 is 5.32 Å². The first kappa shape index (κ1) is 12.0. The Bertz CT molecular complexity index is 269. The zero-order chi connectivity index (χ0) is 11.7. The second-order valence-corrected chi connectivity index (χ2v) is 4.99. The van der Waals surface area contributed by atoms with Crippen molar-refractivity contribution >= 4 is 6.09 Å². The van der Waals surface area contributed by atoms with E-state index in [4.69, 9.17) is 4.74 Å². The Kier molecular flexibility index (Phi) is 3.09. The lowest BCUT2D eigenvalue weighted by Gasteiger charge is -2.23. The van der Waals surface area contributed by atoms with Gasteiger partial charge in [-0.2, -0.15) is 0 Å². The summed E-state index contributed by atoms with van der Waals surface area (Å²) in [6, 6.07) is 0. The minimum Gasteiger partial charge on any atom is -0.444 e. The highest BCUT2D eigenvalue weighted by Gasteiger charge is 2.53. The smallest absolute Gasteiger partial charge is 0.408 e. The maximum absolute atomic E-state index is 11.5. The third-order valence-corrected chi connectivity index (χ3v) is 2.45. The molecule has 0 radical (unpaired) electrons. The zero-order valence-electron chi connectivity index (χ0n) is 9.54. The van der Waals surface area contributed by atoms with Crippen LogP contribution in [0.15, 0.2) is 12.7 Å². The van der Waals surface area contributed by atoms with Crippen LogP contribution in [0.4, 0.5) is 4.79 Å². The Morgan fingerprint density at radius 1 is 1.73 bits per heavy atom. The van der Waals surface area contributed by atoms with Gasteiger partial charge in [0.15, 0.2) is 0 Å². The highest BCUT2D eigenvalue weighted by atomic mass is 16.6. The number of hydrogen-bond donors (Lipinski definition) is 2. The van der Waals surface area contributed by atoms with Crippen molar-refractivity contribution in [1.29, 1.82) is 0 Å². The van der Waals surface area contributed by atoms with Crippen molar-refractivity contribution in [2.45, 2.75) is 38.3 Å². The number of rotatable bonds is 3. The summed E-state index contributed by atoms with van der Waals surface area (Å²) in [5.74, 6) is 0.148. The Morgan fingerprint density at radius 3 is 2.67 bits per heavy atom. The van der Waals surface area contributed by atoms with Crippen LogP contribution in [0.3, 0.4) is 0 Å². The molecule has 4 heteroatoms. The van der Waals surface area contributed by atoms with Crippen molar-refractivity contribution in [3.8, 4) is 0 Å². The van der Waals surface area contributed by atoms with Crippen LogP contribution >= 0.6 is 0 Å². The summed E-state index contributed by atoms with van der Waals surface area (Å²) >= 11 is 0. The number of ether oxygens (including phenoxy) is 1. The average molecular weight is 213 g/mol. The van der Waals surface area contributed by atoms with Gasteiger partial charge in [-0.1, -0.05) is 6.08 Å². The molecule has 0 spiro atoms. The molecule has 0 bridgehead atoms. The summed E-state index contributed by atoms with van der Waals surface area (Å²) in [6.45, 7) is 8.97. The van der Waals surface area contributed by atoms with E-state index in [1.807, 2.05) is 0 Å². The predicted octanol–water partition coefficient (Wildman–Crippen LogP) is 1.45. The van der Waals surface area contributed by atoms with Crippen molar-refractivity contribution in [2.75, 3.05) is 6.61 Å². The van der Waals surface area contributed by atoms with Gasteiger partial charge in [-0.25, -0.2) is 4.79 Å². The van der Waals surface area contributed by atoms with Crippen molar-refractivity contribution in [1.82, 2.24) is 5.32 Å². The Hall–Kier alpha value is -1.03. The van der Waals surface area contributed by atoms with E-state index in [9.17, 15) is 9.90 Å². The second kappa shape index (κ2) is 3.85. The van der Waals surface area contributed by atoms with Gasteiger partial charge in [0.25, 0.3) is 0 Å². The molecule has 1 fully saturated rings. The molecule has 0 aromatic carbocycles. The summed E-state index contributed by atoms with van der Waals surface area (Å²) in [4.78, 5) is 11.5. The summed E-state index contributed by atoms with van der Waals surface area (Å²) in [5, 5.41) is 11.9. The average Bonchev–Trinajstić information content (AvgIpc) is 2.76. The highest BCUT2D eigenvalue weighted by Crippen LogP contribution is 2.43. The number of carbonyl (C=O) groups is 1. The molecular weight excluding hydrogens is 194 g/mol. The van der Waals surface area contributed by atoms with Crippen LogP contribution in [0.1, 0.15) is 27.2 Å². The molecule has 1 aliphatic rings. The molecule has 2 N–H and O–H groups in total. The molecule has 2 atom stereocenters. The molecule has 0 aromatic rings. The molecule has 1 saturated carbocycles. The third-order valence-electron chi connectivity index (χ3n) is 2.45. The lowest BCUT2D eigenvalue weighted by molar-refractivity contribution is 0.0466. The first-order valence-electron chi connectivity index (χ1n) is 5.07. The number of alkyl carbamates (subject to hydrolysis) is 1. The Morgan fingerprint density at radius 2 is 2.33 bits per heavy atom. The second-order valence-electron chi connectivity index (χ2n) is 4.99. The van der Waals surface area contributed by atoms with Crippen LogP contribution in [0, 0.1) is 5.92 Å². The van der Waals surface area contributed by atoms with Crippen molar-refractivity contribution in [3.05, 3.63) is 12.7 Å². The molecule has 15 heavy (non-hydrogen) atoms. The van der Waals surface area contributed by atoms with Gasteiger partial charge in [-0.05, 0) is 27.2 Å². The molecule has 4 nitrogen and oxygen atoms in total. The van der Waals surface area contributed by atoms with E-state index in [-0.39, 0.29) is 12.5 Å². The topological polar surface area (TPSA) is 58.6 Å². The predicted molar refractivity (Wildman–Crippen MR) is 57.5 cm³/mol. The van der Waals surface area contributed by atoms with Crippen molar-refractivity contribution in [3.63, 3.8) is 0 Å². The number of nitrogens with one attached hydrogen (secondary N) is 1. The molecule has 0 aromatic heterocycles. The van der Waals surface area contributed by atoms with Gasteiger partial charge in [0.1, 0.15) is 5.60 Å². The van der Waals surface area contributed by atoms with Crippen molar-refractivity contribution in [2.24, 2.45) is 5.92 Å². The van der Waals surface area contributed by atoms with Crippen LogP contribution in [0.5, 0.6) is 0 Å². The SMILES string of the molecule is C=C[C@@H]1C[C@]1(CO)NC(=O)OC(C)(C)C. The molecule has 1 rings (SSSR count). The Labute approximate surface area is 90.3 Å². The fraction of sp³-hybridized carbons (Fsp3) is 0.727. The first-order valence-corrected chi connectivity index (χ1v) is 5.07. The summed E-state index contributed by atoms with van der Waals surface area (Å²) in [6.07, 6.45) is 1.99. The van der Waals surface area contributed by atoms with Gasteiger partial charge in [0.2, 0.25) is 0 Å². The van der Waals surface area contributed by atoms with Crippen molar-refractivity contribution < 1.29 is 14.6 Å². The molecule has 0 unspecified atom stereocenters. The first-order chi connectivity index (χ1) is 6.83. The number of aliphatic hydroxyl groups is 1. The summed E-state index contributed by atoms with van der Waals surface area (Å²) in [5.41, 5.74) is -1.05. The van der Waals surface area contributed by atoms with Crippen LogP contribution in [0.2, 0.25) is 0 Å². The van der Waals surface area contributed by atoms with Crippen LogP contribution in [-0.4, -0.2) is 28.9 Å². The summed E-state index contributed by atoms with van der Waals surface area (Å²) < 4.78 is 5.11. The fourth-order valence-corrected chi connectivity index (χ4v) is 1.51. The molecule has 86 valence electrons. The third kappa shape index (κ3) is 2.96. The number of hydrogen-bond acceptors (Lipinski definition) is 3. The van der Waals surface area contributed by atoms with E-state index in [2.05, 4.69) is 11.9 Å². The zero-order valence-corrected chi connectivity index (χ0v) is 9.54. The normalized spacial score (nSPS) is 29.5. The maximum Gasteiger partial charge on any atom is 0.408 e. The minimum absolute atomic E-state index is 0.0804. The van der Waals surface area contributed by atoms with Gasteiger partial charge < -0.3 is 15.2 Å². The maximum atomic E-state index is 11.5. The monoisotopic (exact) mass is 213 g/mol. The molecule has 0 saturated heterocycles. The quantitative estimate of drug-likeness (QED) is 0.697. The highest BCUT2D eigenvalue weighted by molar-refractivity contribution is 5.69. The Balaban J connectivity index is 2.48. The van der Waals surface area contributed by atoms with Gasteiger partial charge in [0.05, 0.1) is 12.1 Å². The molecule has 0 aliphatic heterocycles. The van der Waals surface area contributed by atoms with Gasteiger partial charge in [-0.15, -0.1) is 6.58 Å². The molecule has 1 amide bonds. The molecule has 1 aliphatic carbocycles.